The highest BCUT2D eigenvalue weighted by molar-refractivity contribution is 5.83. The van der Waals surface area contributed by atoms with Gasteiger partial charge in [-0.15, -0.1) is 0 Å². The first kappa shape index (κ1) is 14.0. The van der Waals surface area contributed by atoms with Gasteiger partial charge < -0.3 is 10.4 Å². The minimum absolute atomic E-state index is 0.0568. The van der Waals surface area contributed by atoms with E-state index in [2.05, 4.69) is 0 Å². The Morgan fingerprint density at radius 2 is 1.78 bits per heavy atom. The molecule has 18 heavy (non-hydrogen) atoms. The molecule has 1 rings (SSSR count). The van der Waals surface area contributed by atoms with Crippen LogP contribution in [0.4, 0.5) is 13.2 Å². The first-order valence-electron chi connectivity index (χ1n) is 4.85. The molecule has 1 aromatic rings. The van der Waals surface area contributed by atoms with Crippen molar-refractivity contribution in [1.29, 1.82) is 0 Å². The second-order valence-electron chi connectivity index (χ2n) is 3.74. The van der Waals surface area contributed by atoms with Gasteiger partial charge in [-0.3, -0.25) is 4.79 Å². The predicted octanol–water partition coefficient (Wildman–Crippen LogP) is 1.75. The van der Waals surface area contributed by atoms with Crippen LogP contribution in [0.5, 0.6) is 0 Å². The molecule has 0 aromatic heterocycles. The van der Waals surface area contributed by atoms with Gasteiger partial charge in [0, 0.05) is 5.56 Å². The zero-order valence-electron chi connectivity index (χ0n) is 9.28. The zero-order valence-corrected chi connectivity index (χ0v) is 9.28. The van der Waals surface area contributed by atoms with Gasteiger partial charge in [0.05, 0.1) is 5.56 Å². The highest BCUT2D eigenvalue weighted by atomic mass is 19.4. The molecule has 0 saturated heterocycles. The van der Waals surface area contributed by atoms with Gasteiger partial charge in [0.15, 0.2) is 5.54 Å². The van der Waals surface area contributed by atoms with Crippen molar-refractivity contribution < 1.29 is 27.9 Å². The Bertz CT molecular complexity index is 473. The number of hydrogen-bond donors (Lipinski definition) is 2. The maximum atomic E-state index is 12.8. The highest BCUT2D eigenvalue weighted by Crippen LogP contribution is 2.36. The van der Waals surface area contributed by atoms with Crippen molar-refractivity contribution >= 4 is 12.4 Å². The van der Waals surface area contributed by atoms with E-state index in [1.807, 2.05) is 5.32 Å². The number of aliphatic carboxylic acids is 1. The number of benzene rings is 1. The van der Waals surface area contributed by atoms with E-state index in [0.717, 1.165) is 25.1 Å². The second kappa shape index (κ2) is 4.67. The topological polar surface area (TPSA) is 66.4 Å². The third-order valence-corrected chi connectivity index (χ3v) is 2.55. The maximum Gasteiger partial charge on any atom is 0.416 e. The molecule has 0 aliphatic rings. The lowest BCUT2D eigenvalue weighted by Crippen LogP contribution is -2.47. The van der Waals surface area contributed by atoms with Crippen LogP contribution in [0.15, 0.2) is 24.3 Å². The SMILES string of the molecule is CC(NC=O)(C(=O)O)c1ccccc1C(F)(F)F. The van der Waals surface area contributed by atoms with Gasteiger partial charge in [0.25, 0.3) is 0 Å². The lowest BCUT2D eigenvalue weighted by Gasteiger charge is -2.27. The molecule has 0 saturated carbocycles. The molecule has 2 N–H and O–H groups in total. The monoisotopic (exact) mass is 261 g/mol. The molecule has 1 amide bonds. The van der Waals surface area contributed by atoms with E-state index in [9.17, 15) is 22.8 Å². The Hall–Kier alpha value is -2.05. The Morgan fingerprint density at radius 1 is 1.28 bits per heavy atom. The summed E-state index contributed by atoms with van der Waals surface area (Å²) in [6, 6.07) is 4.21. The van der Waals surface area contributed by atoms with Crippen molar-refractivity contribution in [2.45, 2.75) is 18.6 Å². The average Bonchev–Trinajstić information content (AvgIpc) is 2.28. The van der Waals surface area contributed by atoms with Gasteiger partial charge in [0.1, 0.15) is 0 Å². The van der Waals surface area contributed by atoms with Crippen LogP contribution >= 0.6 is 0 Å². The summed E-state index contributed by atoms with van der Waals surface area (Å²) < 4.78 is 38.3. The number of carboxylic acids is 1. The second-order valence-corrected chi connectivity index (χ2v) is 3.74. The van der Waals surface area contributed by atoms with Crippen LogP contribution in [-0.2, 0) is 21.3 Å². The Labute approximate surface area is 100 Å². The van der Waals surface area contributed by atoms with E-state index in [-0.39, 0.29) is 6.41 Å². The number of amides is 1. The van der Waals surface area contributed by atoms with Gasteiger partial charge in [-0.2, -0.15) is 13.2 Å². The first-order chi connectivity index (χ1) is 8.23. The fourth-order valence-electron chi connectivity index (χ4n) is 1.54. The molecule has 0 aliphatic heterocycles. The third-order valence-electron chi connectivity index (χ3n) is 2.55. The van der Waals surface area contributed by atoms with E-state index in [1.54, 1.807) is 0 Å². The van der Waals surface area contributed by atoms with Crippen molar-refractivity contribution in [1.82, 2.24) is 5.32 Å². The normalized spacial score (nSPS) is 14.7. The molecule has 7 heteroatoms. The molecule has 1 aromatic carbocycles. The number of carbonyl (C=O) groups excluding carboxylic acids is 1. The minimum Gasteiger partial charge on any atom is -0.479 e. The van der Waals surface area contributed by atoms with Crippen molar-refractivity contribution in [3.63, 3.8) is 0 Å². The van der Waals surface area contributed by atoms with E-state index >= 15 is 0 Å². The molecule has 0 bridgehead atoms. The van der Waals surface area contributed by atoms with E-state index in [1.165, 1.54) is 6.07 Å². The van der Waals surface area contributed by atoms with Gasteiger partial charge in [-0.25, -0.2) is 4.79 Å². The summed E-state index contributed by atoms with van der Waals surface area (Å²) >= 11 is 0. The molecular weight excluding hydrogens is 251 g/mol. The third kappa shape index (κ3) is 2.44. The smallest absolute Gasteiger partial charge is 0.416 e. The van der Waals surface area contributed by atoms with Gasteiger partial charge in [-0.1, -0.05) is 18.2 Å². The Kier molecular flexibility index (Phi) is 3.64. The summed E-state index contributed by atoms with van der Waals surface area (Å²) in [6.45, 7) is 0.994. The first-order valence-corrected chi connectivity index (χ1v) is 4.85. The lowest BCUT2D eigenvalue weighted by molar-refractivity contribution is -0.148. The largest absolute Gasteiger partial charge is 0.479 e. The summed E-state index contributed by atoms with van der Waals surface area (Å²) in [4.78, 5) is 21.5. The van der Waals surface area contributed by atoms with Crippen LogP contribution in [0.1, 0.15) is 18.1 Å². The predicted molar refractivity (Wildman–Crippen MR) is 55.6 cm³/mol. The number of nitrogens with one attached hydrogen (secondary N) is 1. The molecule has 4 nitrogen and oxygen atoms in total. The maximum absolute atomic E-state index is 12.8. The number of carbonyl (C=O) groups is 2. The van der Waals surface area contributed by atoms with Crippen molar-refractivity contribution in [3.05, 3.63) is 35.4 Å². The van der Waals surface area contributed by atoms with Gasteiger partial charge in [0.2, 0.25) is 6.41 Å². The Morgan fingerprint density at radius 3 is 2.17 bits per heavy atom. The van der Waals surface area contributed by atoms with Crippen molar-refractivity contribution in [3.8, 4) is 0 Å². The average molecular weight is 261 g/mol. The number of rotatable bonds is 4. The van der Waals surface area contributed by atoms with Crippen LogP contribution in [-0.4, -0.2) is 17.5 Å². The number of carboxylic acid groups (broad SMARTS) is 1. The van der Waals surface area contributed by atoms with E-state index in [0.29, 0.717) is 0 Å². The zero-order chi connectivity index (χ0) is 14.0. The molecule has 0 radical (unpaired) electrons. The summed E-state index contributed by atoms with van der Waals surface area (Å²) in [6.07, 6.45) is -4.64. The Balaban J connectivity index is 3.47. The summed E-state index contributed by atoms with van der Waals surface area (Å²) in [5.74, 6) is -1.58. The van der Waals surface area contributed by atoms with Crippen molar-refractivity contribution in [2.75, 3.05) is 0 Å². The molecule has 0 fully saturated rings. The quantitative estimate of drug-likeness (QED) is 0.811. The van der Waals surface area contributed by atoms with Crippen LogP contribution < -0.4 is 5.32 Å². The van der Waals surface area contributed by atoms with Crippen LogP contribution in [0.3, 0.4) is 0 Å². The molecule has 0 heterocycles. The molecule has 1 unspecified atom stereocenters. The van der Waals surface area contributed by atoms with Gasteiger partial charge in [-0.05, 0) is 13.0 Å². The van der Waals surface area contributed by atoms with E-state index in [4.69, 9.17) is 5.11 Å². The minimum atomic E-state index is -4.70. The molecular formula is C11H10F3NO3. The summed E-state index contributed by atoms with van der Waals surface area (Å²) in [7, 11) is 0. The molecule has 0 aliphatic carbocycles. The number of halogens is 3. The van der Waals surface area contributed by atoms with Crippen LogP contribution in [0.25, 0.3) is 0 Å². The van der Waals surface area contributed by atoms with Crippen molar-refractivity contribution in [2.24, 2.45) is 0 Å². The highest BCUT2D eigenvalue weighted by Gasteiger charge is 2.43. The van der Waals surface area contributed by atoms with Crippen LogP contribution in [0.2, 0.25) is 0 Å². The standard InChI is InChI=1S/C11H10F3NO3/c1-10(9(17)18,15-6-16)7-4-2-3-5-8(7)11(12,13)14/h2-6H,1H3,(H,15,16)(H,17,18). The lowest BCUT2D eigenvalue weighted by atomic mass is 9.88. The summed E-state index contributed by atoms with van der Waals surface area (Å²) in [5.41, 5.74) is -3.74. The number of alkyl halides is 3. The molecule has 98 valence electrons. The van der Waals surface area contributed by atoms with Crippen LogP contribution in [0, 0.1) is 0 Å². The molecule has 1 atom stereocenters. The fourth-order valence-corrected chi connectivity index (χ4v) is 1.54. The molecule has 0 spiro atoms. The number of hydrogen-bond acceptors (Lipinski definition) is 2. The summed E-state index contributed by atoms with van der Waals surface area (Å²) in [5, 5.41) is 10.9. The van der Waals surface area contributed by atoms with Gasteiger partial charge >= 0.3 is 12.1 Å². The fraction of sp³-hybridized carbons (Fsp3) is 0.273. The van der Waals surface area contributed by atoms with E-state index < -0.39 is 28.8 Å².